The second kappa shape index (κ2) is 26.4. The summed E-state index contributed by atoms with van der Waals surface area (Å²) in [6.07, 6.45) is 3.37. The van der Waals surface area contributed by atoms with Crippen LogP contribution in [0.4, 0.5) is 13.6 Å². The zero-order valence-corrected chi connectivity index (χ0v) is 36.8. The van der Waals surface area contributed by atoms with Gasteiger partial charge in [0.25, 0.3) is 11.8 Å². The highest BCUT2D eigenvalue weighted by Gasteiger charge is 2.38. The number of hydrogen-bond donors (Lipinski definition) is 3. The molecule has 3 aromatic rings. The SMILES string of the molecule is CC(C)(C)C(c1nc(-c2cc(F)ccc2F)cn1Cc1ccccc1)N(CCCNC(=O)O)C(=O)CSCCOCCOCCOCCOCCC(=O)NCCN1C(=O)C=CC1=O. The Bertz CT molecular complexity index is 1960. The highest BCUT2D eigenvalue weighted by molar-refractivity contribution is 7.99. The number of rotatable bonds is 29. The molecular weight excluding hydrogens is 843 g/mol. The summed E-state index contributed by atoms with van der Waals surface area (Å²) >= 11 is 1.40. The van der Waals surface area contributed by atoms with Gasteiger partial charge in [-0.2, -0.15) is 0 Å². The number of imide groups is 1. The van der Waals surface area contributed by atoms with Gasteiger partial charge in [-0.1, -0.05) is 51.1 Å². The fourth-order valence-corrected chi connectivity index (χ4v) is 7.27. The van der Waals surface area contributed by atoms with Crippen molar-refractivity contribution in [2.24, 2.45) is 5.41 Å². The topological polar surface area (TPSA) is 191 Å². The summed E-state index contributed by atoms with van der Waals surface area (Å²) in [4.78, 5) is 68.0. The second-order valence-electron chi connectivity index (χ2n) is 15.4. The molecular formula is C44H58F2N6O10S. The van der Waals surface area contributed by atoms with Crippen LogP contribution in [-0.2, 0) is 44.7 Å². The molecule has 0 aliphatic carbocycles. The average Bonchev–Trinajstić information content (AvgIpc) is 3.79. The van der Waals surface area contributed by atoms with Crippen LogP contribution in [0.15, 0.2) is 66.9 Å². The molecule has 0 saturated carbocycles. The number of amides is 5. The first kappa shape index (κ1) is 50.4. The van der Waals surface area contributed by atoms with Gasteiger partial charge in [-0.3, -0.25) is 24.1 Å². The van der Waals surface area contributed by atoms with Crippen molar-refractivity contribution in [1.82, 2.24) is 30.0 Å². The molecule has 2 aromatic carbocycles. The molecule has 5 amide bonds. The summed E-state index contributed by atoms with van der Waals surface area (Å²) in [5, 5.41) is 14.2. The van der Waals surface area contributed by atoms with Crippen molar-refractivity contribution in [3.63, 3.8) is 0 Å². The van der Waals surface area contributed by atoms with Gasteiger partial charge < -0.3 is 44.2 Å². The standard InChI is InChI=1S/C44H58F2N6O10S/c1-44(2,3)41(42-49-36(34-28-33(45)10-11-35(34)46)30-50(42)29-32-8-5-4-6-9-32)52(17-7-15-48-43(57)58)40(56)31-63-27-26-62-25-24-61-23-22-60-21-20-59-19-14-37(53)47-16-18-51-38(54)12-13-39(51)55/h4-6,8-13,28,30,41,48H,7,14-27,29,31H2,1-3H3,(H,47,53)(H,57,58). The Morgan fingerprint density at radius 2 is 1.49 bits per heavy atom. The lowest BCUT2D eigenvalue weighted by Gasteiger charge is -2.40. The first-order valence-corrected chi connectivity index (χ1v) is 21.9. The zero-order valence-electron chi connectivity index (χ0n) is 36.0. The Balaban J connectivity index is 1.19. The van der Waals surface area contributed by atoms with Crippen molar-refractivity contribution >= 4 is 41.5 Å². The molecule has 0 bridgehead atoms. The third-order valence-corrected chi connectivity index (χ3v) is 10.4. The molecule has 3 N–H and O–H groups in total. The van der Waals surface area contributed by atoms with Gasteiger partial charge in [0.2, 0.25) is 11.8 Å². The number of thioether (sulfide) groups is 1. The van der Waals surface area contributed by atoms with Crippen molar-refractivity contribution in [3.8, 4) is 11.3 Å². The quantitative estimate of drug-likeness (QED) is 0.0646. The highest BCUT2D eigenvalue weighted by Crippen LogP contribution is 2.40. The number of carbonyl (C=O) groups excluding carboxylic acids is 4. The predicted molar refractivity (Wildman–Crippen MR) is 232 cm³/mol. The van der Waals surface area contributed by atoms with Crippen LogP contribution in [0.5, 0.6) is 0 Å². The third-order valence-electron chi connectivity index (χ3n) is 9.50. The number of halogens is 2. The largest absolute Gasteiger partial charge is 0.465 e. The number of nitrogens with one attached hydrogen (secondary N) is 2. The number of benzene rings is 2. The average molecular weight is 901 g/mol. The van der Waals surface area contributed by atoms with E-state index in [1.54, 1.807) is 11.1 Å². The van der Waals surface area contributed by atoms with Gasteiger partial charge in [0.1, 0.15) is 17.5 Å². The van der Waals surface area contributed by atoms with Gasteiger partial charge >= 0.3 is 6.09 Å². The van der Waals surface area contributed by atoms with Gasteiger partial charge in [-0.05, 0) is 35.6 Å². The summed E-state index contributed by atoms with van der Waals surface area (Å²) < 4.78 is 53.5. The Morgan fingerprint density at radius 3 is 2.13 bits per heavy atom. The normalized spacial score (nSPS) is 13.1. The molecule has 0 saturated heterocycles. The van der Waals surface area contributed by atoms with E-state index >= 15 is 4.39 Å². The molecule has 0 radical (unpaired) electrons. The van der Waals surface area contributed by atoms with Crippen molar-refractivity contribution in [2.75, 3.05) is 90.5 Å². The van der Waals surface area contributed by atoms with E-state index in [-0.39, 0.29) is 68.0 Å². The summed E-state index contributed by atoms with van der Waals surface area (Å²) in [5.41, 5.74) is 0.568. The molecule has 19 heteroatoms. The van der Waals surface area contributed by atoms with Gasteiger partial charge in [0, 0.05) is 68.8 Å². The fourth-order valence-electron chi connectivity index (χ4n) is 6.55. The fraction of sp³-hybridized carbons (Fsp3) is 0.500. The molecule has 1 unspecified atom stereocenters. The molecule has 0 spiro atoms. The van der Waals surface area contributed by atoms with Crippen LogP contribution in [0.25, 0.3) is 11.3 Å². The van der Waals surface area contributed by atoms with Crippen molar-refractivity contribution < 1.29 is 56.8 Å². The minimum atomic E-state index is -1.17. The maximum atomic E-state index is 15.1. The molecule has 1 aliphatic rings. The Morgan fingerprint density at radius 1 is 0.857 bits per heavy atom. The number of ether oxygens (including phenoxy) is 4. The van der Waals surface area contributed by atoms with Gasteiger partial charge in [-0.15, -0.1) is 11.8 Å². The number of hydrogen-bond acceptors (Lipinski definition) is 11. The first-order valence-electron chi connectivity index (χ1n) is 20.8. The molecule has 4 rings (SSSR count). The Labute approximate surface area is 370 Å². The summed E-state index contributed by atoms with van der Waals surface area (Å²) in [6, 6.07) is 12.2. The van der Waals surface area contributed by atoms with E-state index in [0.717, 1.165) is 28.7 Å². The molecule has 16 nitrogen and oxygen atoms in total. The Hall–Kier alpha value is -5.21. The van der Waals surface area contributed by atoms with E-state index in [1.165, 1.54) is 23.9 Å². The highest BCUT2D eigenvalue weighted by atomic mass is 32.2. The number of imidazole rings is 1. The Kier molecular flexibility index (Phi) is 21.2. The maximum absolute atomic E-state index is 15.1. The lowest BCUT2D eigenvalue weighted by Crippen LogP contribution is -2.44. The summed E-state index contributed by atoms with van der Waals surface area (Å²) in [5.74, 6) is -1.35. The molecule has 1 aromatic heterocycles. The number of carbonyl (C=O) groups is 5. The summed E-state index contributed by atoms with van der Waals surface area (Å²) in [7, 11) is 0. The van der Waals surface area contributed by atoms with E-state index in [2.05, 4.69) is 10.6 Å². The molecule has 1 atom stereocenters. The predicted octanol–water partition coefficient (Wildman–Crippen LogP) is 4.68. The van der Waals surface area contributed by atoms with Crippen LogP contribution >= 0.6 is 11.8 Å². The number of nitrogens with zero attached hydrogens (tertiary/aromatic N) is 4. The van der Waals surface area contributed by atoms with Crippen LogP contribution in [0.3, 0.4) is 0 Å². The monoisotopic (exact) mass is 900 g/mol. The third kappa shape index (κ3) is 17.5. The van der Waals surface area contributed by atoms with E-state index in [0.29, 0.717) is 70.8 Å². The minimum absolute atomic E-state index is 0.00197. The van der Waals surface area contributed by atoms with Crippen molar-refractivity contribution in [2.45, 2.75) is 46.2 Å². The molecule has 0 fully saturated rings. The van der Waals surface area contributed by atoms with Crippen LogP contribution in [0, 0.1) is 17.0 Å². The van der Waals surface area contributed by atoms with Crippen LogP contribution in [0.2, 0.25) is 0 Å². The molecule has 1 aliphatic heterocycles. The van der Waals surface area contributed by atoms with Gasteiger partial charge in [0.05, 0.1) is 70.3 Å². The maximum Gasteiger partial charge on any atom is 0.404 e. The van der Waals surface area contributed by atoms with Crippen LogP contribution in [0.1, 0.15) is 51.0 Å². The van der Waals surface area contributed by atoms with E-state index in [9.17, 15) is 33.5 Å². The van der Waals surface area contributed by atoms with Crippen molar-refractivity contribution in [1.29, 1.82) is 0 Å². The smallest absolute Gasteiger partial charge is 0.404 e. The molecule has 63 heavy (non-hydrogen) atoms. The van der Waals surface area contributed by atoms with Crippen LogP contribution < -0.4 is 10.6 Å². The zero-order chi connectivity index (χ0) is 45.6. The first-order chi connectivity index (χ1) is 30.2. The minimum Gasteiger partial charge on any atom is -0.465 e. The van der Waals surface area contributed by atoms with Crippen LogP contribution in [-0.4, -0.2) is 145 Å². The molecule has 344 valence electrons. The summed E-state index contributed by atoms with van der Waals surface area (Å²) in [6.45, 7) is 9.47. The lowest BCUT2D eigenvalue weighted by atomic mass is 9.84. The van der Waals surface area contributed by atoms with Gasteiger partial charge in [0.15, 0.2) is 0 Å². The lowest BCUT2D eigenvalue weighted by molar-refractivity contribution is -0.137. The van der Waals surface area contributed by atoms with E-state index in [4.69, 9.17) is 23.9 Å². The van der Waals surface area contributed by atoms with E-state index in [1.807, 2.05) is 55.7 Å². The van der Waals surface area contributed by atoms with Gasteiger partial charge in [-0.25, -0.2) is 18.6 Å². The number of aromatic nitrogens is 2. The molecule has 2 heterocycles. The van der Waals surface area contributed by atoms with E-state index < -0.39 is 41.0 Å². The number of carboxylic acid groups (broad SMARTS) is 1. The van der Waals surface area contributed by atoms with Crippen molar-refractivity contribution in [3.05, 3.63) is 89.9 Å². The second-order valence-corrected chi connectivity index (χ2v) is 16.5.